The average Bonchev–Trinajstić information content (AvgIpc) is 2.80. The smallest absolute Gasteiger partial charge is 0.321 e. The molecule has 1 aromatic heterocycles. The van der Waals surface area contributed by atoms with E-state index in [1.807, 2.05) is 13.8 Å². The van der Waals surface area contributed by atoms with Gasteiger partial charge in [-0.05, 0) is 40.2 Å². The van der Waals surface area contributed by atoms with E-state index in [1.54, 1.807) is 11.3 Å². The molecule has 1 atom stereocenters. The fourth-order valence-corrected chi connectivity index (χ4v) is 4.08. The van der Waals surface area contributed by atoms with Crippen molar-refractivity contribution in [3.05, 3.63) is 21.7 Å². The van der Waals surface area contributed by atoms with E-state index in [1.165, 1.54) is 0 Å². The fourth-order valence-electron chi connectivity index (χ4n) is 1.93. The van der Waals surface area contributed by atoms with Gasteiger partial charge in [0.25, 0.3) is 0 Å². The third-order valence-electron chi connectivity index (χ3n) is 3.95. The van der Waals surface area contributed by atoms with E-state index in [-0.39, 0.29) is 11.5 Å². The standard InChI is InChI=1S/C16H26NO2SSi/c1-11(15(19)7-8-18)13(10-21(6)16(3,4)5)14-9-20-12(2)17-14/h8-9,15,19H,7,10H2,1-6H3/q+1/b13-11+/t15-/m0/s1. The van der Waals surface area contributed by atoms with Crippen LogP contribution in [0.2, 0.25) is 17.6 Å². The van der Waals surface area contributed by atoms with Crippen LogP contribution in [0.3, 0.4) is 0 Å². The number of hydrogen-bond acceptors (Lipinski definition) is 4. The van der Waals surface area contributed by atoms with Gasteiger partial charge in [0.15, 0.2) is 0 Å². The summed E-state index contributed by atoms with van der Waals surface area (Å²) in [4.78, 5) is 15.3. The first kappa shape index (κ1) is 18.3. The van der Waals surface area contributed by atoms with E-state index in [9.17, 15) is 9.90 Å². The minimum absolute atomic E-state index is 0.153. The second kappa shape index (κ2) is 7.47. The molecule has 116 valence electrons. The first-order chi connectivity index (χ1) is 9.66. The Bertz CT molecular complexity index is 517. The Kier molecular flexibility index (Phi) is 6.50. The van der Waals surface area contributed by atoms with Gasteiger partial charge in [-0.3, -0.25) is 0 Å². The Morgan fingerprint density at radius 3 is 2.57 bits per heavy atom. The highest BCUT2D eigenvalue weighted by Gasteiger charge is 2.38. The van der Waals surface area contributed by atoms with Crippen molar-refractivity contribution in [2.24, 2.45) is 0 Å². The van der Waals surface area contributed by atoms with Crippen LogP contribution in [0.15, 0.2) is 11.0 Å². The van der Waals surface area contributed by atoms with Crippen molar-refractivity contribution in [1.29, 1.82) is 0 Å². The molecular weight excluding hydrogens is 298 g/mol. The number of allylic oxidation sites excluding steroid dienone is 1. The summed E-state index contributed by atoms with van der Waals surface area (Å²) in [7, 11) is -0.627. The second-order valence-corrected chi connectivity index (χ2v) is 11.0. The molecule has 0 saturated carbocycles. The maximum Gasteiger partial charge on any atom is 0.321 e. The van der Waals surface area contributed by atoms with Crippen molar-refractivity contribution < 1.29 is 9.90 Å². The van der Waals surface area contributed by atoms with Crippen molar-refractivity contribution >= 4 is 32.0 Å². The van der Waals surface area contributed by atoms with Gasteiger partial charge in [-0.1, -0.05) is 0 Å². The number of hydrogen-bond donors (Lipinski definition) is 1. The SMILES string of the molecule is C/C(=C(/C[Si+](C)C(C)(C)C)c1csc(C)n1)[C@@H](O)CC=O. The summed E-state index contributed by atoms with van der Waals surface area (Å²) in [6, 6.07) is 0.957. The summed E-state index contributed by atoms with van der Waals surface area (Å²) >= 11 is 1.62. The lowest BCUT2D eigenvalue weighted by atomic mass is 10.0. The summed E-state index contributed by atoms with van der Waals surface area (Å²) in [5, 5.41) is 13.5. The van der Waals surface area contributed by atoms with Gasteiger partial charge in [0, 0.05) is 17.4 Å². The van der Waals surface area contributed by atoms with Crippen LogP contribution in [0.25, 0.3) is 5.57 Å². The lowest BCUT2D eigenvalue weighted by Crippen LogP contribution is -2.23. The number of aliphatic hydroxyl groups is 1. The van der Waals surface area contributed by atoms with Gasteiger partial charge in [-0.25, -0.2) is 4.98 Å². The highest BCUT2D eigenvalue weighted by atomic mass is 32.1. The predicted octanol–water partition coefficient (Wildman–Crippen LogP) is 4.10. The average molecular weight is 325 g/mol. The minimum atomic E-state index is -0.700. The van der Waals surface area contributed by atoms with Crippen molar-refractivity contribution in [2.45, 2.75) is 64.8 Å². The molecule has 0 aliphatic carbocycles. The molecule has 21 heavy (non-hydrogen) atoms. The zero-order valence-electron chi connectivity index (χ0n) is 13.9. The number of aliphatic hydroxyl groups excluding tert-OH is 1. The molecule has 1 rings (SSSR count). The van der Waals surface area contributed by atoms with Gasteiger partial charge in [0.1, 0.15) is 6.29 Å². The number of nitrogens with zero attached hydrogens (tertiary/aromatic N) is 1. The third-order valence-corrected chi connectivity index (χ3v) is 8.16. The van der Waals surface area contributed by atoms with Gasteiger partial charge >= 0.3 is 8.80 Å². The number of carbonyl (C=O) groups excluding carboxylic acids is 1. The highest BCUT2D eigenvalue weighted by Crippen LogP contribution is 2.36. The quantitative estimate of drug-likeness (QED) is 0.633. The molecule has 0 unspecified atom stereocenters. The Balaban J connectivity index is 3.17. The monoisotopic (exact) mass is 324 g/mol. The molecular formula is C16H26NO2SSi+. The molecule has 0 aliphatic rings. The molecule has 0 amide bonds. The first-order valence-corrected chi connectivity index (χ1v) is 10.3. The number of rotatable bonds is 6. The molecule has 1 heterocycles. The summed E-state index contributed by atoms with van der Waals surface area (Å²) in [6.07, 6.45) is 0.230. The van der Waals surface area contributed by atoms with E-state index in [2.05, 4.69) is 37.7 Å². The molecule has 0 radical (unpaired) electrons. The zero-order chi connectivity index (χ0) is 16.2. The van der Waals surface area contributed by atoms with Crippen LogP contribution < -0.4 is 0 Å². The number of thiazole rings is 1. The first-order valence-electron chi connectivity index (χ1n) is 7.23. The Morgan fingerprint density at radius 2 is 2.14 bits per heavy atom. The van der Waals surface area contributed by atoms with Crippen LogP contribution in [0.5, 0.6) is 0 Å². The highest BCUT2D eigenvalue weighted by molar-refractivity contribution is 7.09. The van der Waals surface area contributed by atoms with Gasteiger partial charge in [0.2, 0.25) is 0 Å². The fraction of sp³-hybridized carbons (Fsp3) is 0.625. The summed E-state index contributed by atoms with van der Waals surface area (Å²) < 4.78 is 0. The number of aldehydes is 1. The molecule has 3 nitrogen and oxygen atoms in total. The van der Waals surface area contributed by atoms with E-state index in [0.717, 1.165) is 34.2 Å². The topological polar surface area (TPSA) is 50.2 Å². The molecule has 1 aromatic rings. The second-order valence-electron chi connectivity index (χ2n) is 6.54. The molecule has 0 saturated heterocycles. The molecule has 0 fully saturated rings. The lowest BCUT2D eigenvalue weighted by Gasteiger charge is -2.17. The number of aryl methyl sites for hydroxylation is 1. The van der Waals surface area contributed by atoms with Crippen LogP contribution >= 0.6 is 11.3 Å². The van der Waals surface area contributed by atoms with Gasteiger partial charge < -0.3 is 9.90 Å². The van der Waals surface area contributed by atoms with E-state index < -0.39 is 14.9 Å². The minimum Gasteiger partial charge on any atom is -0.388 e. The van der Waals surface area contributed by atoms with Crippen LogP contribution in [0.1, 0.15) is 44.8 Å². The number of aromatic nitrogens is 1. The molecule has 1 N–H and O–H groups in total. The summed E-state index contributed by atoms with van der Waals surface area (Å²) in [5.41, 5.74) is 2.98. The van der Waals surface area contributed by atoms with Gasteiger partial charge in [-0.2, -0.15) is 0 Å². The van der Waals surface area contributed by atoms with Crippen LogP contribution in [-0.2, 0) is 4.79 Å². The van der Waals surface area contributed by atoms with Crippen LogP contribution in [-0.4, -0.2) is 31.3 Å². The Morgan fingerprint density at radius 1 is 1.52 bits per heavy atom. The van der Waals surface area contributed by atoms with E-state index in [4.69, 9.17) is 0 Å². The zero-order valence-corrected chi connectivity index (χ0v) is 15.7. The van der Waals surface area contributed by atoms with Crippen molar-refractivity contribution in [3.8, 4) is 0 Å². The van der Waals surface area contributed by atoms with Gasteiger partial charge in [0.05, 0.1) is 34.4 Å². The normalized spacial score (nSPS) is 14.6. The van der Waals surface area contributed by atoms with E-state index in [0.29, 0.717) is 0 Å². The molecule has 0 bridgehead atoms. The summed E-state index contributed by atoms with van der Waals surface area (Å²) in [5.74, 6) is 0. The summed E-state index contributed by atoms with van der Waals surface area (Å²) in [6.45, 7) is 13.0. The third kappa shape index (κ3) is 5.16. The Hall–Kier alpha value is -0.783. The maximum atomic E-state index is 10.7. The predicted molar refractivity (Wildman–Crippen MR) is 92.3 cm³/mol. The van der Waals surface area contributed by atoms with Crippen molar-refractivity contribution in [1.82, 2.24) is 4.98 Å². The maximum absolute atomic E-state index is 10.7. The molecule has 0 spiro atoms. The largest absolute Gasteiger partial charge is 0.388 e. The number of carbonyl (C=O) groups is 1. The van der Waals surface area contributed by atoms with E-state index >= 15 is 0 Å². The molecule has 0 aliphatic heterocycles. The lowest BCUT2D eigenvalue weighted by molar-refractivity contribution is -0.109. The van der Waals surface area contributed by atoms with Crippen LogP contribution in [0, 0.1) is 6.92 Å². The Labute approximate surface area is 133 Å². The van der Waals surface area contributed by atoms with Gasteiger partial charge in [-0.15, -0.1) is 11.3 Å². The van der Waals surface area contributed by atoms with Crippen molar-refractivity contribution in [2.75, 3.05) is 0 Å². The molecule has 5 heteroatoms. The molecule has 0 aromatic carbocycles. The van der Waals surface area contributed by atoms with Crippen molar-refractivity contribution in [3.63, 3.8) is 0 Å². The van der Waals surface area contributed by atoms with Crippen LogP contribution in [0.4, 0.5) is 0 Å².